The highest BCUT2D eigenvalue weighted by molar-refractivity contribution is 4.76. The van der Waals surface area contributed by atoms with Crippen molar-refractivity contribution in [2.24, 2.45) is 0 Å². The lowest BCUT2D eigenvalue weighted by atomic mass is 10.2. The van der Waals surface area contributed by atoms with Gasteiger partial charge in [-0.05, 0) is 19.8 Å². The molecule has 76 valence electrons. The molecule has 1 saturated heterocycles. The van der Waals surface area contributed by atoms with Gasteiger partial charge in [-0.3, -0.25) is 0 Å². The molecule has 0 aromatic carbocycles. The van der Waals surface area contributed by atoms with Crippen LogP contribution in [0.4, 0.5) is 0 Å². The van der Waals surface area contributed by atoms with Gasteiger partial charge in [0.15, 0.2) is 0 Å². The van der Waals surface area contributed by atoms with E-state index in [-0.39, 0.29) is 0 Å². The quantitative estimate of drug-likeness (QED) is 0.591. The zero-order valence-electron chi connectivity index (χ0n) is 8.17. The van der Waals surface area contributed by atoms with Crippen LogP contribution in [0.2, 0.25) is 0 Å². The Morgan fingerprint density at radius 3 is 2.00 bits per heavy atom. The normalized spacial score (nSPS) is 30.9. The Morgan fingerprint density at radius 1 is 1.00 bits per heavy atom. The van der Waals surface area contributed by atoms with Crippen LogP contribution in [-0.2, 0) is 19.6 Å². The van der Waals surface area contributed by atoms with E-state index in [0.717, 1.165) is 25.7 Å². The second-order valence-electron chi connectivity index (χ2n) is 3.94. The highest BCUT2D eigenvalue weighted by Gasteiger charge is 2.47. The third-order valence-electron chi connectivity index (χ3n) is 2.75. The second kappa shape index (κ2) is 3.20. The molecule has 0 atom stereocenters. The molecule has 1 saturated carbocycles. The third kappa shape index (κ3) is 1.72. The molecule has 1 aliphatic carbocycles. The standard InChI is InChI=1S/C9H16O4/c1-3-8(2)10-12-9(13-11-8)6-4-5-7-9/h3-7H2,1-2H3. The molecule has 1 aliphatic heterocycles. The van der Waals surface area contributed by atoms with Crippen LogP contribution < -0.4 is 0 Å². The highest BCUT2D eigenvalue weighted by Crippen LogP contribution is 2.40. The monoisotopic (exact) mass is 188 g/mol. The molecule has 0 radical (unpaired) electrons. The van der Waals surface area contributed by atoms with Crippen molar-refractivity contribution in [3.05, 3.63) is 0 Å². The maximum atomic E-state index is 5.29. The van der Waals surface area contributed by atoms with Gasteiger partial charge < -0.3 is 0 Å². The fraction of sp³-hybridized carbons (Fsp3) is 1.00. The van der Waals surface area contributed by atoms with E-state index >= 15 is 0 Å². The average molecular weight is 188 g/mol. The summed E-state index contributed by atoms with van der Waals surface area (Å²) < 4.78 is 0. The fourth-order valence-electron chi connectivity index (χ4n) is 1.55. The SMILES string of the molecule is CCC1(C)OOC2(CCCC2)OO1. The van der Waals surface area contributed by atoms with Crippen LogP contribution in [0.1, 0.15) is 46.0 Å². The van der Waals surface area contributed by atoms with E-state index in [2.05, 4.69) is 0 Å². The maximum Gasteiger partial charge on any atom is 0.234 e. The molecular formula is C9H16O4. The number of hydrogen-bond acceptors (Lipinski definition) is 4. The Morgan fingerprint density at radius 2 is 1.54 bits per heavy atom. The smallest absolute Gasteiger partial charge is 0.195 e. The van der Waals surface area contributed by atoms with Crippen LogP contribution in [-0.4, -0.2) is 11.6 Å². The first-order valence-electron chi connectivity index (χ1n) is 4.92. The van der Waals surface area contributed by atoms with Crippen molar-refractivity contribution in [1.82, 2.24) is 0 Å². The molecule has 0 N–H and O–H groups in total. The number of rotatable bonds is 1. The van der Waals surface area contributed by atoms with Crippen molar-refractivity contribution >= 4 is 0 Å². The van der Waals surface area contributed by atoms with Crippen LogP contribution in [0.5, 0.6) is 0 Å². The lowest BCUT2D eigenvalue weighted by molar-refractivity contribution is -0.653. The summed E-state index contributed by atoms with van der Waals surface area (Å²) in [6.07, 6.45) is 4.62. The Kier molecular flexibility index (Phi) is 2.32. The Labute approximate surface area is 78.0 Å². The zero-order chi connectivity index (χ0) is 9.36. The first-order chi connectivity index (χ1) is 6.18. The highest BCUT2D eigenvalue weighted by atomic mass is 17.4. The molecule has 0 aromatic rings. The van der Waals surface area contributed by atoms with Crippen molar-refractivity contribution in [3.63, 3.8) is 0 Å². The topological polar surface area (TPSA) is 36.9 Å². The minimum absolute atomic E-state index is 0.616. The predicted octanol–water partition coefficient (Wildman–Crippen LogP) is 2.29. The van der Waals surface area contributed by atoms with E-state index < -0.39 is 11.6 Å². The van der Waals surface area contributed by atoms with Crippen molar-refractivity contribution in [2.75, 3.05) is 0 Å². The van der Waals surface area contributed by atoms with Crippen LogP contribution >= 0.6 is 0 Å². The van der Waals surface area contributed by atoms with E-state index in [1.807, 2.05) is 6.92 Å². The minimum Gasteiger partial charge on any atom is -0.195 e. The predicted molar refractivity (Wildman–Crippen MR) is 44.2 cm³/mol. The zero-order valence-corrected chi connectivity index (χ0v) is 8.17. The Hall–Kier alpha value is -0.160. The van der Waals surface area contributed by atoms with Crippen LogP contribution in [0.3, 0.4) is 0 Å². The largest absolute Gasteiger partial charge is 0.234 e. The fourth-order valence-corrected chi connectivity index (χ4v) is 1.55. The van der Waals surface area contributed by atoms with E-state index in [9.17, 15) is 0 Å². The Balaban J connectivity index is 1.95. The van der Waals surface area contributed by atoms with Gasteiger partial charge in [0, 0.05) is 19.3 Å². The molecule has 1 heterocycles. The van der Waals surface area contributed by atoms with Crippen molar-refractivity contribution in [1.29, 1.82) is 0 Å². The van der Waals surface area contributed by atoms with Crippen LogP contribution in [0.15, 0.2) is 0 Å². The van der Waals surface area contributed by atoms with Gasteiger partial charge in [-0.25, -0.2) is 0 Å². The third-order valence-corrected chi connectivity index (χ3v) is 2.75. The lowest BCUT2D eigenvalue weighted by Gasteiger charge is -2.39. The summed E-state index contributed by atoms with van der Waals surface area (Å²) in [5, 5.41) is 0. The summed E-state index contributed by atoms with van der Waals surface area (Å²) in [6.45, 7) is 3.76. The van der Waals surface area contributed by atoms with Crippen molar-refractivity contribution < 1.29 is 19.6 Å². The van der Waals surface area contributed by atoms with E-state index in [1.165, 1.54) is 0 Å². The molecule has 0 amide bonds. The van der Waals surface area contributed by atoms with Gasteiger partial charge in [0.05, 0.1) is 0 Å². The number of hydrogen-bond donors (Lipinski definition) is 0. The minimum atomic E-state index is -0.742. The van der Waals surface area contributed by atoms with Gasteiger partial charge in [0.1, 0.15) is 0 Å². The summed E-state index contributed by atoms with van der Waals surface area (Å²) in [4.78, 5) is 21.0. The summed E-state index contributed by atoms with van der Waals surface area (Å²) in [5.41, 5.74) is 0. The van der Waals surface area contributed by atoms with Gasteiger partial charge in [0.25, 0.3) is 0 Å². The van der Waals surface area contributed by atoms with E-state index in [4.69, 9.17) is 19.6 Å². The van der Waals surface area contributed by atoms with Crippen molar-refractivity contribution in [2.45, 2.75) is 57.5 Å². The second-order valence-corrected chi connectivity index (χ2v) is 3.94. The molecule has 2 rings (SSSR count). The van der Waals surface area contributed by atoms with E-state index in [1.54, 1.807) is 6.92 Å². The molecule has 13 heavy (non-hydrogen) atoms. The van der Waals surface area contributed by atoms with Gasteiger partial charge in [0.2, 0.25) is 11.6 Å². The Bertz CT molecular complexity index is 176. The molecule has 2 aliphatic rings. The summed E-state index contributed by atoms with van der Waals surface area (Å²) in [5.74, 6) is -1.36. The summed E-state index contributed by atoms with van der Waals surface area (Å²) in [7, 11) is 0. The van der Waals surface area contributed by atoms with Gasteiger partial charge in [-0.2, -0.15) is 19.6 Å². The van der Waals surface area contributed by atoms with Gasteiger partial charge in [-0.1, -0.05) is 6.92 Å². The molecule has 0 aromatic heterocycles. The van der Waals surface area contributed by atoms with E-state index in [0.29, 0.717) is 6.42 Å². The summed E-state index contributed by atoms with van der Waals surface area (Å²) in [6, 6.07) is 0. The van der Waals surface area contributed by atoms with Crippen molar-refractivity contribution in [3.8, 4) is 0 Å². The molecule has 2 fully saturated rings. The molecule has 4 heteroatoms. The first-order valence-corrected chi connectivity index (χ1v) is 4.92. The average Bonchev–Trinajstić information content (AvgIpc) is 2.61. The first kappa shape index (κ1) is 9.40. The molecule has 4 nitrogen and oxygen atoms in total. The molecular weight excluding hydrogens is 172 g/mol. The summed E-state index contributed by atoms with van der Waals surface area (Å²) >= 11 is 0. The van der Waals surface area contributed by atoms with Gasteiger partial charge in [-0.15, -0.1) is 0 Å². The molecule has 0 unspecified atom stereocenters. The van der Waals surface area contributed by atoms with Gasteiger partial charge >= 0.3 is 0 Å². The maximum absolute atomic E-state index is 5.29. The van der Waals surface area contributed by atoms with Crippen LogP contribution in [0.25, 0.3) is 0 Å². The lowest BCUT2D eigenvalue weighted by Crippen LogP contribution is -2.47. The molecule has 1 spiro atoms. The van der Waals surface area contributed by atoms with Crippen LogP contribution in [0, 0.1) is 0 Å². The molecule has 0 bridgehead atoms.